The highest BCUT2D eigenvalue weighted by molar-refractivity contribution is 5.89. The van der Waals surface area contributed by atoms with Gasteiger partial charge in [-0.05, 0) is 25.0 Å². The number of hydrogen-bond acceptors (Lipinski definition) is 2. The predicted molar refractivity (Wildman–Crippen MR) is 68.9 cm³/mol. The number of carbonyl (C=O) groups excluding carboxylic acids is 1. The van der Waals surface area contributed by atoms with Crippen molar-refractivity contribution in [3.8, 4) is 0 Å². The van der Waals surface area contributed by atoms with Crippen molar-refractivity contribution in [3.63, 3.8) is 0 Å². The summed E-state index contributed by atoms with van der Waals surface area (Å²) in [6.45, 7) is 5.46. The van der Waals surface area contributed by atoms with Crippen molar-refractivity contribution in [1.29, 1.82) is 0 Å². The molecule has 0 aliphatic heterocycles. The molecule has 1 aromatic rings. The Hall–Kier alpha value is -1.62. The minimum absolute atomic E-state index is 0.00580. The number of para-hydroxylation sites is 1. The fraction of sp³-hybridized carbons (Fsp3) is 0.462. The van der Waals surface area contributed by atoms with Gasteiger partial charge in [0, 0.05) is 6.54 Å². The standard InChI is InChI=1S/C13H19FN2O2/c1-9(2)13(3,18)8-15-12(17)16-11-7-5-4-6-10(11)14/h4-7,9,18H,8H2,1-3H3,(H2,15,16,17)/t13-/m1/s1. The van der Waals surface area contributed by atoms with Crippen LogP contribution in [-0.4, -0.2) is 23.3 Å². The van der Waals surface area contributed by atoms with Crippen LogP contribution in [0.4, 0.5) is 14.9 Å². The molecule has 0 aliphatic carbocycles. The van der Waals surface area contributed by atoms with Gasteiger partial charge in [0.15, 0.2) is 0 Å². The lowest BCUT2D eigenvalue weighted by atomic mass is 9.93. The predicted octanol–water partition coefficient (Wildman–Crippen LogP) is 2.35. The summed E-state index contributed by atoms with van der Waals surface area (Å²) in [5.41, 5.74) is -0.883. The molecular weight excluding hydrogens is 235 g/mol. The molecule has 3 N–H and O–H groups in total. The van der Waals surface area contributed by atoms with Crippen LogP contribution in [0.25, 0.3) is 0 Å². The van der Waals surface area contributed by atoms with Gasteiger partial charge in [0.05, 0.1) is 11.3 Å². The molecule has 1 rings (SSSR count). The molecule has 1 aromatic carbocycles. The summed E-state index contributed by atoms with van der Waals surface area (Å²) >= 11 is 0. The molecule has 0 fully saturated rings. The number of carbonyl (C=O) groups is 1. The lowest BCUT2D eigenvalue weighted by molar-refractivity contribution is 0.0170. The average Bonchev–Trinajstić information content (AvgIpc) is 2.29. The summed E-state index contributed by atoms with van der Waals surface area (Å²) < 4.78 is 13.3. The van der Waals surface area contributed by atoms with Gasteiger partial charge in [-0.1, -0.05) is 26.0 Å². The summed E-state index contributed by atoms with van der Waals surface area (Å²) in [7, 11) is 0. The first kappa shape index (κ1) is 14.4. The first-order valence-electron chi connectivity index (χ1n) is 5.84. The third-order valence-electron chi connectivity index (χ3n) is 2.97. The third-order valence-corrected chi connectivity index (χ3v) is 2.97. The van der Waals surface area contributed by atoms with Crippen LogP contribution >= 0.6 is 0 Å². The Bertz CT molecular complexity index is 419. The zero-order valence-corrected chi connectivity index (χ0v) is 10.8. The maximum absolute atomic E-state index is 13.3. The van der Waals surface area contributed by atoms with Gasteiger partial charge < -0.3 is 15.7 Å². The summed E-state index contributed by atoms with van der Waals surface area (Å²) in [5, 5.41) is 14.8. The molecule has 100 valence electrons. The van der Waals surface area contributed by atoms with Crippen LogP contribution in [0.2, 0.25) is 0 Å². The van der Waals surface area contributed by atoms with E-state index >= 15 is 0 Å². The fourth-order valence-electron chi connectivity index (χ4n) is 1.19. The summed E-state index contributed by atoms with van der Waals surface area (Å²) in [6.07, 6.45) is 0. The van der Waals surface area contributed by atoms with Gasteiger partial charge in [-0.25, -0.2) is 9.18 Å². The Morgan fingerprint density at radius 3 is 2.61 bits per heavy atom. The van der Waals surface area contributed by atoms with E-state index in [1.54, 1.807) is 19.1 Å². The molecule has 0 aromatic heterocycles. The number of nitrogens with one attached hydrogen (secondary N) is 2. The van der Waals surface area contributed by atoms with Crippen molar-refractivity contribution in [2.75, 3.05) is 11.9 Å². The van der Waals surface area contributed by atoms with Gasteiger partial charge in [-0.15, -0.1) is 0 Å². The molecule has 0 spiro atoms. The van der Waals surface area contributed by atoms with Gasteiger partial charge in [-0.3, -0.25) is 0 Å². The fourth-order valence-corrected chi connectivity index (χ4v) is 1.19. The number of anilines is 1. The molecule has 2 amide bonds. The Morgan fingerprint density at radius 2 is 2.06 bits per heavy atom. The molecule has 0 bridgehead atoms. The van der Waals surface area contributed by atoms with Crippen LogP contribution < -0.4 is 10.6 Å². The van der Waals surface area contributed by atoms with Crippen molar-refractivity contribution in [2.24, 2.45) is 5.92 Å². The van der Waals surface area contributed by atoms with Gasteiger partial charge >= 0.3 is 6.03 Å². The van der Waals surface area contributed by atoms with Crippen molar-refractivity contribution < 1.29 is 14.3 Å². The van der Waals surface area contributed by atoms with Crippen molar-refractivity contribution in [2.45, 2.75) is 26.4 Å². The maximum Gasteiger partial charge on any atom is 0.319 e. The van der Waals surface area contributed by atoms with E-state index in [1.165, 1.54) is 12.1 Å². The molecule has 0 saturated heterocycles. The van der Waals surface area contributed by atoms with E-state index in [4.69, 9.17) is 0 Å². The highest BCUT2D eigenvalue weighted by Crippen LogP contribution is 2.15. The van der Waals surface area contributed by atoms with Crippen LogP contribution in [-0.2, 0) is 0 Å². The van der Waals surface area contributed by atoms with Crippen molar-refractivity contribution in [1.82, 2.24) is 5.32 Å². The number of halogens is 1. The van der Waals surface area contributed by atoms with E-state index in [9.17, 15) is 14.3 Å². The molecule has 0 unspecified atom stereocenters. The summed E-state index contributed by atoms with van der Waals surface area (Å²) in [4.78, 5) is 11.5. The zero-order valence-electron chi connectivity index (χ0n) is 10.8. The van der Waals surface area contributed by atoms with Crippen LogP contribution in [0.3, 0.4) is 0 Å². The first-order valence-corrected chi connectivity index (χ1v) is 5.84. The average molecular weight is 254 g/mol. The van der Waals surface area contributed by atoms with E-state index in [2.05, 4.69) is 10.6 Å². The Morgan fingerprint density at radius 1 is 1.44 bits per heavy atom. The third kappa shape index (κ3) is 4.00. The highest BCUT2D eigenvalue weighted by atomic mass is 19.1. The lowest BCUT2D eigenvalue weighted by Crippen LogP contribution is -2.45. The van der Waals surface area contributed by atoms with E-state index in [-0.39, 0.29) is 18.2 Å². The number of rotatable bonds is 4. The molecule has 0 radical (unpaired) electrons. The number of hydrogen-bond donors (Lipinski definition) is 3. The smallest absolute Gasteiger partial charge is 0.319 e. The molecule has 0 aliphatic rings. The molecule has 1 atom stereocenters. The van der Waals surface area contributed by atoms with E-state index < -0.39 is 17.4 Å². The van der Waals surface area contributed by atoms with Crippen LogP contribution in [0.15, 0.2) is 24.3 Å². The monoisotopic (exact) mass is 254 g/mol. The van der Waals surface area contributed by atoms with Gasteiger partial charge in [0.25, 0.3) is 0 Å². The van der Waals surface area contributed by atoms with Crippen molar-refractivity contribution >= 4 is 11.7 Å². The minimum Gasteiger partial charge on any atom is -0.388 e. The number of aliphatic hydroxyl groups is 1. The van der Waals surface area contributed by atoms with Gasteiger partial charge in [0.1, 0.15) is 5.82 Å². The normalized spacial score (nSPS) is 14.1. The lowest BCUT2D eigenvalue weighted by Gasteiger charge is -2.27. The quantitative estimate of drug-likeness (QED) is 0.772. The Kier molecular flexibility index (Phi) is 4.67. The SMILES string of the molecule is CC(C)[C@](C)(O)CNC(=O)Nc1ccccc1F. The second kappa shape index (κ2) is 5.82. The van der Waals surface area contributed by atoms with E-state index in [0.717, 1.165) is 0 Å². The molecule has 18 heavy (non-hydrogen) atoms. The first-order chi connectivity index (χ1) is 8.33. The van der Waals surface area contributed by atoms with Gasteiger partial charge in [0.2, 0.25) is 0 Å². The molecule has 4 nitrogen and oxygen atoms in total. The summed E-state index contributed by atoms with van der Waals surface area (Å²) in [6, 6.07) is 5.36. The number of urea groups is 1. The van der Waals surface area contributed by atoms with Crippen molar-refractivity contribution in [3.05, 3.63) is 30.1 Å². The number of benzene rings is 1. The molecular formula is C13H19FN2O2. The largest absolute Gasteiger partial charge is 0.388 e. The van der Waals surface area contributed by atoms with Gasteiger partial charge in [-0.2, -0.15) is 0 Å². The van der Waals surface area contributed by atoms with E-state index in [0.29, 0.717) is 0 Å². The second-order valence-corrected chi connectivity index (χ2v) is 4.80. The molecule has 5 heteroatoms. The highest BCUT2D eigenvalue weighted by Gasteiger charge is 2.25. The Labute approximate surface area is 106 Å². The van der Waals surface area contributed by atoms with Crippen LogP contribution in [0.1, 0.15) is 20.8 Å². The summed E-state index contributed by atoms with van der Waals surface area (Å²) in [5.74, 6) is -0.491. The van der Waals surface area contributed by atoms with Crippen LogP contribution in [0.5, 0.6) is 0 Å². The second-order valence-electron chi connectivity index (χ2n) is 4.80. The Balaban J connectivity index is 2.51. The maximum atomic E-state index is 13.3. The minimum atomic E-state index is -0.993. The zero-order chi connectivity index (χ0) is 13.8. The molecule has 0 heterocycles. The van der Waals surface area contributed by atoms with E-state index in [1.807, 2.05) is 13.8 Å². The number of amides is 2. The van der Waals surface area contributed by atoms with Crippen LogP contribution in [0, 0.1) is 11.7 Å². The molecule has 0 saturated carbocycles. The topological polar surface area (TPSA) is 61.4 Å².